The zero-order valence-corrected chi connectivity index (χ0v) is 8.29. The molecular formula is C8H12BrN3. The summed E-state index contributed by atoms with van der Waals surface area (Å²) in [6, 6.07) is 3.81. The Labute approximate surface area is 80.3 Å². The van der Waals surface area contributed by atoms with E-state index < -0.39 is 0 Å². The third-order valence-corrected chi connectivity index (χ3v) is 2.33. The van der Waals surface area contributed by atoms with Crippen molar-refractivity contribution in [2.24, 2.45) is 11.5 Å². The first-order chi connectivity index (χ1) is 5.75. The molecule has 0 aliphatic carbocycles. The summed E-state index contributed by atoms with van der Waals surface area (Å²) in [7, 11) is 0. The van der Waals surface area contributed by atoms with Gasteiger partial charge in [-0.25, -0.2) is 4.98 Å². The number of halogens is 1. The maximum atomic E-state index is 5.86. The second-order valence-electron chi connectivity index (χ2n) is 2.57. The predicted octanol–water partition coefficient (Wildman–Crippen LogP) is 1.19. The summed E-state index contributed by atoms with van der Waals surface area (Å²) < 4.78 is 0.811. The first-order valence-electron chi connectivity index (χ1n) is 3.81. The van der Waals surface area contributed by atoms with Crippen molar-refractivity contribution in [3.8, 4) is 0 Å². The van der Waals surface area contributed by atoms with Gasteiger partial charge in [0.05, 0.1) is 0 Å². The minimum Gasteiger partial charge on any atom is -0.330 e. The zero-order chi connectivity index (χ0) is 8.97. The average molecular weight is 230 g/mol. The number of hydrogen-bond acceptors (Lipinski definition) is 3. The first kappa shape index (κ1) is 9.64. The normalized spacial score (nSPS) is 12.9. The van der Waals surface area contributed by atoms with Gasteiger partial charge in [-0.1, -0.05) is 6.07 Å². The van der Waals surface area contributed by atoms with Gasteiger partial charge in [0.2, 0.25) is 0 Å². The first-order valence-corrected chi connectivity index (χ1v) is 4.61. The van der Waals surface area contributed by atoms with Gasteiger partial charge in [0, 0.05) is 17.8 Å². The summed E-state index contributed by atoms with van der Waals surface area (Å²) in [6.45, 7) is 0.600. The quantitative estimate of drug-likeness (QED) is 0.766. The van der Waals surface area contributed by atoms with E-state index in [4.69, 9.17) is 11.5 Å². The third-order valence-electron chi connectivity index (χ3n) is 1.67. The van der Waals surface area contributed by atoms with Crippen molar-refractivity contribution in [2.45, 2.75) is 12.5 Å². The summed E-state index contributed by atoms with van der Waals surface area (Å²) >= 11 is 3.33. The van der Waals surface area contributed by atoms with E-state index in [0.29, 0.717) is 6.54 Å². The molecule has 0 amide bonds. The van der Waals surface area contributed by atoms with Crippen molar-refractivity contribution in [3.05, 3.63) is 28.5 Å². The second-order valence-corrected chi connectivity index (χ2v) is 3.32. The molecule has 4 heteroatoms. The summed E-state index contributed by atoms with van der Waals surface area (Å²) in [5.74, 6) is 0. The molecule has 0 aliphatic rings. The van der Waals surface area contributed by atoms with Gasteiger partial charge in [0.1, 0.15) is 4.60 Å². The molecule has 0 saturated carbocycles. The number of rotatable bonds is 3. The van der Waals surface area contributed by atoms with Crippen molar-refractivity contribution in [3.63, 3.8) is 0 Å². The van der Waals surface area contributed by atoms with E-state index in [1.54, 1.807) is 6.20 Å². The van der Waals surface area contributed by atoms with E-state index in [1.165, 1.54) is 0 Å². The average Bonchev–Trinajstić information content (AvgIpc) is 2.05. The van der Waals surface area contributed by atoms with Crippen LogP contribution in [0.5, 0.6) is 0 Å². The molecule has 4 N–H and O–H groups in total. The summed E-state index contributed by atoms with van der Waals surface area (Å²) in [4.78, 5) is 4.08. The molecule has 1 rings (SSSR count). The Hall–Kier alpha value is -0.450. The predicted molar refractivity (Wildman–Crippen MR) is 52.5 cm³/mol. The molecule has 0 unspecified atom stereocenters. The molecule has 1 heterocycles. The zero-order valence-electron chi connectivity index (χ0n) is 6.70. The molecular weight excluding hydrogens is 218 g/mol. The van der Waals surface area contributed by atoms with Crippen molar-refractivity contribution in [1.29, 1.82) is 0 Å². The molecule has 0 spiro atoms. The molecule has 0 saturated heterocycles. The van der Waals surface area contributed by atoms with E-state index in [1.807, 2.05) is 12.1 Å². The lowest BCUT2D eigenvalue weighted by Crippen LogP contribution is -2.15. The Kier molecular flexibility index (Phi) is 3.65. The molecule has 66 valence electrons. The van der Waals surface area contributed by atoms with Crippen LogP contribution in [0.25, 0.3) is 0 Å². The maximum absolute atomic E-state index is 5.86. The molecule has 0 radical (unpaired) electrons. The molecule has 12 heavy (non-hydrogen) atoms. The fourth-order valence-electron chi connectivity index (χ4n) is 1.01. The molecule has 1 aromatic heterocycles. The number of nitrogens with zero attached hydrogens (tertiary/aromatic N) is 1. The van der Waals surface area contributed by atoms with Crippen molar-refractivity contribution >= 4 is 15.9 Å². The highest BCUT2D eigenvalue weighted by molar-refractivity contribution is 9.10. The van der Waals surface area contributed by atoms with E-state index in [-0.39, 0.29) is 6.04 Å². The molecule has 0 fully saturated rings. The Morgan fingerprint density at radius 3 is 2.92 bits per heavy atom. The largest absolute Gasteiger partial charge is 0.330 e. The Bertz CT molecular complexity index is 252. The number of aromatic nitrogens is 1. The lowest BCUT2D eigenvalue weighted by molar-refractivity contribution is 0.655. The van der Waals surface area contributed by atoms with E-state index in [2.05, 4.69) is 20.9 Å². The van der Waals surface area contributed by atoms with E-state index in [9.17, 15) is 0 Å². The smallest absolute Gasteiger partial charge is 0.110 e. The standard InChI is InChI=1S/C8H12BrN3/c9-8-6(2-1-5-12-8)7(11)3-4-10/h1-2,5,7H,3-4,10-11H2/t7-/m0/s1. The Balaban J connectivity index is 2.79. The molecule has 3 nitrogen and oxygen atoms in total. The van der Waals surface area contributed by atoms with Crippen LogP contribution in [0.4, 0.5) is 0 Å². The van der Waals surface area contributed by atoms with Crippen LogP contribution < -0.4 is 11.5 Å². The van der Waals surface area contributed by atoms with Gasteiger partial charge in [-0.05, 0) is 35.0 Å². The fraction of sp³-hybridized carbons (Fsp3) is 0.375. The monoisotopic (exact) mass is 229 g/mol. The van der Waals surface area contributed by atoms with Crippen LogP contribution in [0.2, 0.25) is 0 Å². The van der Waals surface area contributed by atoms with E-state index >= 15 is 0 Å². The van der Waals surface area contributed by atoms with Crippen LogP contribution in [0.1, 0.15) is 18.0 Å². The van der Waals surface area contributed by atoms with E-state index in [0.717, 1.165) is 16.6 Å². The van der Waals surface area contributed by atoms with Crippen molar-refractivity contribution < 1.29 is 0 Å². The molecule has 1 atom stereocenters. The second kappa shape index (κ2) is 4.54. The maximum Gasteiger partial charge on any atom is 0.110 e. The van der Waals surface area contributed by atoms with Crippen molar-refractivity contribution in [2.75, 3.05) is 6.54 Å². The number of hydrogen-bond donors (Lipinski definition) is 2. The summed E-state index contributed by atoms with van der Waals surface area (Å²) in [6.07, 6.45) is 2.51. The van der Waals surface area contributed by atoms with Gasteiger partial charge >= 0.3 is 0 Å². The summed E-state index contributed by atoms with van der Waals surface area (Å²) in [5, 5.41) is 0. The van der Waals surface area contributed by atoms with Gasteiger partial charge in [0.25, 0.3) is 0 Å². The minimum absolute atomic E-state index is 0.0157. The highest BCUT2D eigenvalue weighted by Crippen LogP contribution is 2.20. The topological polar surface area (TPSA) is 64.9 Å². The summed E-state index contributed by atoms with van der Waals surface area (Å²) in [5.41, 5.74) is 12.3. The third kappa shape index (κ3) is 2.27. The Morgan fingerprint density at radius 1 is 1.58 bits per heavy atom. The highest BCUT2D eigenvalue weighted by atomic mass is 79.9. The molecule has 0 bridgehead atoms. The van der Waals surface area contributed by atoms with Gasteiger partial charge < -0.3 is 11.5 Å². The van der Waals surface area contributed by atoms with Crippen LogP contribution >= 0.6 is 15.9 Å². The van der Waals surface area contributed by atoms with Gasteiger partial charge in [-0.15, -0.1) is 0 Å². The lowest BCUT2D eigenvalue weighted by Gasteiger charge is -2.10. The van der Waals surface area contributed by atoms with Crippen LogP contribution in [0.3, 0.4) is 0 Å². The van der Waals surface area contributed by atoms with Crippen molar-refractivity contribution in [1.82, 2.24) is 4.98 Å². The van der Waals surface area contributed by atoms with Crippen LogP contribution in [0.15, 0.2) is 22.9 Å². The highest BCUT2D eigenvalue weighted by Gasteiger charge is 2.08. The van der Waals surface area contributed by atoms with Gasteiger partial charge in [0.15, 0.2) is 0 Å². The Morgan fingerprint density at radius 2 is 2.33 bits per heavy atom. The van der Waals surface area contributed by atoms with Gasteiger partial charge in [-0.2, -0.15) is 0 Å². The molecule has 1 aromatic rings. The SMILES string of the molecule is NCC[C@H](N)c1cccnc1Br. The lowest BCUT2D eigenvalue weighted by atomic mass is 10.1. The fourth-order valence-corrected chi connectivity index (χ4v) is 1.55. The number of nitrogens with two attached hydrogens (primary N) is 2. The minimum atomic E-state index is -0.0157. The molecule has 0 aromatic carbocycles. The molecule has 0 aliphatic heterocycles. The van der Waals surface area contributed by atoms with Crippen LogP contribution in [-0.2, 0) is 0 Å². The van der Waals surface area contributed by atoms with Crippen LogP contribution in [0, 0.1) is 0 Å². The van der Waals surface area contributed by atoms with Gasteiger partial charge in [-0.3, -0.25) is 0 Å². The number of pyridine rings is 1. The van der Waals surface area contributed by atoms with Crippen LogP contribution in [-0.4, -0.2) is 11.5 Å².